The van der Waals surface area contributed by atoms with Crippen molar-refractivity contribution in [1.29, 1.82) is 0 Å². The van der Waals surface area contributed by atoms with Crippen molar-refractivity contribution in [2.24, 2.45) is 0 Å². The van der Waals surface area contributed by atoms with E-state index < -0.39 is 17.6 Å². The van der Waals surface area contributed by atoms with E-state index in [1.807, 2.05) is 13.8 Å². The molecule has 0 fully saturated rings. The van der Waals surface area contributed by atoms with E-state index in [9.17, 15) is 14.0 Å². The largest absolute Gasteiger partial charge is 0.350 e. The zero-order valence-corrected chi connectivity index (χ0v) is 17.3. The van der Waals surface area contributed by atoms with Crippen LogP contribution in [0.1, 0.15) is 38.3 Å². The minimum absolute atomic E-state index is 0.141. The van der Waals surface area contributed by atoms with Gasteiger partial charge in [-0.2, -0.15) is 10.1 Å². The first kappa shape index (κ1) is 20.6. The third-order valence-electron chi connectivity index (χ3n) is 4.03. The average molecular weight is 465 g/mol. The predicted molar refractivity (Wildman–Crippen MR) is 104 cm³/mol. The van der Waals surface area contributed by atoms with Crippen molar-refractivity contribution in [3.63, 3.8) is 0 Å². The summed E-state index contributed by atoms with van der Waals surface area (Å²) in [6.45, 7) is 4.33. The van der Waals surface area contributed by atoms with Crippen LogP contribution in [0.3, 0.4) is 0 Å². The van der Waals surface area contributed by atoms with Crippen molar-refractivity contribution in [1.82, 2.24) is 30.6 Å². The number of halogens is 2. The Hall–Kier alpha value is -3.08. The lowest BCUT2D eigenvalue weighted by Gasteiger charge is -2.05. The zero-order chi connectivity index (χ0) is 21.0. The number of carbonyl (C=O) groups excluding carboxylic acids is 2. The highest BCUT2D eigenvalue weighted by atomic mass is 79.9. The Morgan fingerprint density at radius 1 is 1.21 bits per heavy atom. The van der Waals surface area contributed by atoms with Crippen LogP contribution in [0, 0.1) is 19.7 Å². The number of rotatable bonds is 7. The summed E-state index contributed by atoms with van der Waals surface area (Å²) in [7, 11) is 0. The molecule has 0 bridgehead atoms. The Morgan fingerprint density at radius 2 is 1.93 bits per heavy atom. The van der Waals surface area contributed by atoms with Gasteiger partial charge in [-0.15, -0.1) is 0 Å². The molecule has 0 atom stereocenters. The van der Waals surface area contributed by atoms with Gasteiger partial charge in [0.25, 0.3) is 5.91 Å². The maximum Gasteiger partial charge on any atom is 0.316 e. The smallest absolute Gasteiger partial charge is 0.316 e. The van der Waals surface area contributed by atoms with Crippen LogP contribution in [0.25, 0.3) is 0 Å². The molecule has 152 valence electrons. The molecule has 0 saturated heterocycles. The number of nitrogens with one attached hydrogen (secondary N) is 2. The number of hydrogen-bond acceptors (Lipinski definition) is 6. The normalized spacial score (nSPS) is 10.8. The van der Waals surface area contributed by atoms with E-state index in [1.54, 1.807) is 4.68 Å². The highest BCUT2D eigenvalue weighted by Crippen LogP contribution is 2.20. The average Bonchev–Trinajstić information content (AvgIpc) is 3.26. The van der Waals surface area contributed by atoms with Gasteiger partial charge in [-0.05, 0) is 48.0 Å². The lowest BCUT2D eigenvalue weighted by molar-refractivity contribution is 0.0898. The number of aryl methyl sites for hydroxylation is 1. The molecule has 2 amide bonds. The van der Waals surface area contributed by atoms with Crippen LogP contribution < -0.4 is 10.6 Å². The summed E-state index contributed by atoms with van der Waals surface area (Å²) >= 11 is 3.45. The molecule has 29 heavy (non-hydrogen) atoms. The molecule has 0 saturated carbocycles. The second-order valence-electron chi connectivity index (χ2n) is 6.18. The van der Waals surface area contributed by atoms with Crippen LogP contribution in [0.4, 0.5) is 4.39 Å². The lowest BCUT2D eigenvalue weighted by atomic mass is 10.2. The minimum atomic E-state index is -0.557. The fourth-order valence-corrected chi connectivity index (χ4v) is 2.82. The number of nitrogens with zero attached hydrogens (tertiary/aromatic N) is 4. The molecular weight excluding hydrogens is 447 g/mol. The van der Waals surface area contributed by atoms with Crippen LogP contribution >= 0.6 is 15.9 Å². The second kappa shape index (κ2) is 8.95. The van der Waals surface area contributed by atoms with Gasteiger partial charge in [0, 0.05) is 18.7 Å². The molecule has 3 rings (SSSR count). The topological polar surface area (TPSA) is 115 Å². The number of amides is 2. The summed E-state index contributed by atoms with van der Waals surface area (Å²) < 4.78 is 20.7. The standard InChI is InChI=1S/C18H18BrFN6O3/c1-10-15(19)11(2)26(24-10)9-14-23-18(29-25-14)17(28)22-7-6-21-16(27)12-4-3-5-13(20)8-12/h3-5,8H,6-7,9H2,1-2H3,(H,21,27)(H,22,28). The van der Waals surface area contributed by atoms with Gasteiger partial charge in [-0.25, -0.2) is 4.39 Å². The molecule has 0 radical (unpaired) electrons. The molecular formula is C18H18BrFN6O3. The third-order valence-corrected chi connectivity index (χ3v) is 5.18. The van der Waals surface area contributed by atoms with Crippen LogP contribution in [-0.2, 0) is 6.54 Å². The molecule has 2 N–H and O–H groups in total. The van der Waals surface area contributed by atoms with E-state index in [1.165, 1.54) is 18.2 Å². The van der Waals surface area contributed by atoms with Gasteiger partial charge in [0.2, 0.25) is 0 Å². The van der Waals surface area contributed by atoms with Gasteiger partial charge in [0.15, 0.2) is 5.82 Å². The summed E-state index contributed by atoms with van der Waals surface area (Å²) in [6.07, 6.45) is 0. The molecule has 3 aromatic rings. The van der Waals surface area contributed by atoms with Gasteiger partial charge in [-0.3, -0.25) is 14.3 Å². The highest BCUT2D eigenvalue weighted by Gasteiger charge is 2.17. The molecule has 1 aromatic carbocycles. The van der Waals surface area contributed by atoms with Crippen LogP contribution in [-0.4, -0.2) is 44.8 Å². The van der Waals surface area contributed by atoms with Crippen molar-refractivity contribution < 1.29 is 18.5 Å². The first-order valence-electron chi connectivity index (χ1n) is 8.69. The van der Waals surface area contributed by atoms with E-state index in [0.717, 1.165) is 21.9 Å². The van der Waals surface area contributed by atoms with Crippen molar-refractivity contribution in [2.45, 2.75) is 20.4 Å². The summed E-state index contributed by atoms with van der Waals surface area (Å²) in [5.41, 5.74) is 1.95. The molecule has 0 spiro atoms. The number of hydrogen-bond donors (Lipinski definition) is 2. The number of benzene rings is 1. The third kappa shape index (κ3) is 5.05. The summed E-state index contributed by atoms with van der Waals surface area (Å²) in [5, 5.41) is 13.3. The maximum absolute atomic E-state index is 13.1. The van der Waals surface area contributed by atoms with E-state index in [0.29, 0.717) is 5.82 Å². The highest BCUT2D eigenvalue weighted by molar-refractivity contribution is 9.10. The van der Waals surface area contributed by atoms with Crippen LogP contribution in [0.5, 0.6) is 0 Å². The lowest BCUT2D eigenvalue weighted by Crippen LogP contribution is -2.34. The van der Waals surface area contributed by atoms with Gasteiger partial charge in [-0.1, -0.05) is 11.2 Å². The van der Waals surface area contributed by atoms with E-state index in [-0.39, 0.29) is 31.1 Å². The molecule has 2 aromatic heterocycles. The molecule has 0 aliphatic carbocycles. The molecule has 2 heterocycles. The molecule has 11 heteroatoms. The van der Waals surface area contributed by atoms with Crippen molar-refractivity contribution in [2.75, 3.05) is 13.1 Å². The SMILES string of the molecule is Cc1nn(Cc2noc(C(=O)NCCNC(=O)c3cccc(F)c3)n2)c(C)c1Br. The van der Waals surface area contributed by atoms with Crippen molar-refractivity contribution in [3.05, 3.63) is 63.2 Å². The van der Waals surface area contributed by atoms with Crippen LogP contribution in [0.2, 0.25) is 0 Å². The summed E-state index contributed by atoms with van der Waals surface area (Å²) in [6, 6.07) is 5.33. The Kier molecular flexibility index (Phi) is 6.37. The van der Waals surface area contributed by atoms with E-state index in [2.05, 4.69) is 41.8 Å². The van der Waals surface area contributed by atoms with Gasteiger partial charge in [0.05, 0.1) is 15.9 Å². The predicted octanol–water partition coefficient (Wildman–Crippen LogP) is 1.99. The number of carbonyl (C=O) groups is 2. The Balaban J connectivity index is 1.48. The van der Waals surface area contributed by atoms with Gasteiger partial charge < -0.3 is 15.2 Å². The Labute approximate surface area is 173 Å². The summed E-state index contributed by atoms with van der Waals surface area (Å²) in [4.78, 5) is 28.1. The fourth-order valence-electron chi connectivity index (χ4n) is 2.53. The van der Waals surface area contributed by atoms with Crippen molar-refractivity contribution >= 4 is 27.7 Å². The van der Waals surface area contributed by atoms with E-state index in [4.69, 9.17) is 4.52 Å². The zero-order valence-electron chi connectivity index (χ0n) is 15.7. The van der Waals surface area contributed by atoms with Crippen LogP contribution in [0.15, 0.2) is 33.3 Å². The second-order valence-corrected chi connectivity index (χ2v) is 6.97. The first-order chi connectivity index (χ1) is 13.8. The maximum atomic E-state index is 13.1. The molecule has 9 nitrogen and oxygen atoms in total. The van der Waals surface area contributed by atoms with Gasteiger partial charge >= 0.3 is 11.8 Å². The monoisotopic (exact) mass is 464 g/mol. The Bertz CT molecular complexity index is 1050. The molecule has 0 aliphatic rings. The van der Waals surface area contributed by atoms with E-state index >= 15 is 0 Å². The summed E-state index contributed by atoms with van der Waals surface area (Å²) in [5.74, 6) is -1.36. The fraction of sp³-hybridized carbons (Fsp3) is 0.278. The minimum Gasteiger partial charge on any atom is -0.350 e. The number of aromatic nitrogens is 4. The first-order valence-corrected chi connectivity index (χ1v) is 9.48. The Morgan fingerprint density at radius 3 is 2.59 bits per heavy atom. The molecule has 0 unspecified atom stereocenters. The quantitative estimate of drug-likeness (QED) is 0.516. The molecule has 0 aliphatic heterocycles. The van der Waals surface area contributed by atoms with Gasteiger partial charge in [0.1, 0.15) is 12.4 Å². The van der Waals surface area contributed by atoms with Crippen molar-refractivity contribution in [3.8, 4) is 0 Å².